The maximum Gasteiger partial charge on any atom is 0.421 e. The van der Waals surface area contributed by atoms with Gasteiger partial charge in [-0.2, -0.15) is 0 Å². The Labute approximate surface area is 250 Å². The fourth-order valence-electron chi connectivity index (χ4n) is 8.15. The molecule has 0 aliphatic carbocycles. The maximum atomic E-state index is 15.3. The molecule has 0 bridgehead atoms. The Morgan fingerprint density at radius 1 is 0.860 bits per heavy atom. The first-order valence-corrected chi connectivity index (χ1v) is 14.5. The number of carbonyl (C=O) groups excluding carboxylic acids is 4. The fraction of sp³-hybridized carbons (Fsp3) is 0.353. The molecular formula is C34H33N3O6. The molecule has 0 saturated carbocycles. The van der Waals surface area contributed by atoms with Crippen molar-refractivity contribution in [2.24, 2.45) is 5.92 Å². The molecule has 4 aliphatic heterocycles. The zero-order chi connectivity index (χ0) is 30.5. The third-order valence-corrected chi connectivity index (χ3v) is 9.51. The second kappa shape index (κ2) is 9.00. The van der Waals surface area contributed by atoms with Crippen molar-refractivity contribution in [3.63, 3.8) is 0 Å². The van der Waals surface area contributed by atoms with Crippen LogP contribution in [0.15, 0.2) is 72.8 Å². The summed E-state index contributed by atoms with van der Waals surface area (Å²) >= 11 is 0. The molecule has 0 radical (unpaired) electrons. The standard InChI is InChI=1S/C34H33N3O6/c1-32(2,3)43-31(41)37-25-17-11-8-14-22(25)33(29(37)39)26(28(38)42-5)34(23-15-9-10-16-24(23)35(4)30(34)40)36-19-18-20-12-6-7-13-21(20)27(33)36/h6-17,26-27H,18-19H2,1-5H3/t26-,27-,33-,34+/m0/s1. The minimum atomic E-state index is -1.69. The Bertz CT molecular complexity index is 1730. The van der Waals surface area contributed by atoms with Crippen LogP contribution in [0.5, 0.6) is 0 Å². The molecule has 1 fully saturated rings. The van der Waals surface area contributed by atoms with Gasteiger partial charge in [-0.1, -0.05) is 60.7 Å². The highest BCUT2D eigenvalue weighted by Gasteiger charge is 2.81. The van der Waals surface area contributed by atoms with E-state index in [9.17, 15) is 14.4 Å². The monoisotopic (exact) mass is 579 g/mol. The van der Waals surface area contributed by atoms with Crippen LogP contribution in [0.3, 0.4) is 0 Å². The van der Waals surface area contributed by atoms with Crippen LogP contribution in [0.2, 0.25) is 0 Å². The van der Waals surface area contributed by atoms with Crippen molar-refractivity contribution >= 4 is 35.3 Å². The van der Waals surface area contributed by atoms with Crippen molar-refractivity contribution in [3.05, 3.63) is 95.1 Å². The SMILES string of the molecule is COC(=O)[C@H]1[C@]2(C(=O)N(C(=O)OC(C)(C)C)c3ccccc32)[C@@H]2c3ccccc3CCN2[C@@]12C(=O)N(C)c1ccccc12. The number of para-hydroxylation sites is 2. The van der Waals surface area contributed by atoms with Crippen molar-refractivity contribution in [1.29, 1.82) is 0 Å². The van der Waals surface area contributed by atoms with E-state index >= 15 is 4.79 Å². The summed E-state index contributed by atoms with van der Waals surface area (Å²) in [5.41, 5.74) is -0.140. The zero-order valence-corrected chi connectivity index (χ0v) is 24.8. The highest BCUT2D eigenvalue weighted by atomic mass is 16.6. The molecule has 3 aromatic rings. The van der Waals surface area contributed by atoms with Crippen molar-refractivity contribution in [2.75, 3.05) is 30.5 Å². The summed E-state index contributed by atoms with van der Waals surface area (Å²) in [5, 5.41) is 0. The van der Waals surface area contributed by atoms with Crippen LogP contribution >= 0.6 is 0 Å². The van der Waals surface area contributed by atoms with Gasteiger partial charge in [0.2, 0.25) is 5.91 Å². The van der Waals surface area contributed by atoms with Gasteiger partial charge in [0.05, 0.1) is 18.8 Å². The van der Waals surface area contributed by atoms with Gasteiger partial charge in [-0.15, -0.1) is 0 Å². The van der Waals surface area contributed by atoms with Crippen LogP contribution in [0.4, 0.5) is 16.2 Å². The van der Waals surface area contributed by atoms with Gasteiger partial charge in [-0.05, 0) is 56.0 Å². The number of fused-ring (bicyclic) bond motifs is 9. The van der Waals surface area contributed by atoms with Gasteiger partial charge in [0, 0.05) is 24.8 Å². The van der Waals surface area contributed by atoms with Crippen LogP contribution < -0.4 is 9.80 Å². The Balaban J connectivity index is 1.61. The van der Waals surface area contributed by atoms with Crippen molar-refractivity contribution < 1.29 is 28.7 Å². The van der Waals surface area contributed by atoms with E-state index in [1.807, 2.05) is 53.4 Å². The average Bonchev–Trinajstić information content (AvgIpc) is 3.51. The average molecular weight is 580 g/mol. The first-order chi connectivity index (χ1) is 20.5. The second-order valence-electron chi connectivity index (χ2n) is 12.7. The van der Waals surface area contributed by atoms with Crippen LogP contribution in [0, 0.1) is 5.92 Å². The third kappa shape index (κ3) is 3.25. The fourth-order valence-corrected chi connectivity index (χ4v) is 8.15. The number of methoxy groups -OCH3 is 1. The van der Waals surface area contributed by atoms with Gasteiger partial charge in [0.25, 0.3) is 5.91 Å². The molecule has 3 amide bonds. The summed E-state index contributed by atoms with van der Waals surface area (Å²) in [6.45, 7) is 5.61. The molecule has 3 aromatic carbocycles. The molecule has 4 aliphatic rings. The molecule has 4 heterocycles. The van der Waals surface area contributed by atoms with Gasteiger partial charge in [-0.25, -0.2) is 9.69 Å². The number of likely N-dealkylation sites (N-methyl/N-ethyl adjacent to an activating group) is 1. The van der Waals surface area contributed by atoms with E-state index in [-0.39, 0.29) is 5.91 Å². The number of imide groups is 1. The predicted octanol–water partition coefficient (Wildman–Crippen LogP) is 4.48. The molecule has 43 heavy (non-hydrogen) atoms. The Hall–Kier alpha value is -4.50. The van der Waals surface area contributed by atoms with E-state index in [1.165, 1.54) is 7.11 Å². The lowest BCUT2D eigenvalue weighted by molar-refractivity contribution is -0.156. The van der Waals surface area contributed by atoms with Crippen molar-refractivity contribution in [1.82, 2.24) is 4.90 Å². The Morgan fingerprint density at radius 2 is 1.49 bits per heavy atom. The number of benzene rings is 3. The first-order valence-electron chi connectivity index (χ1n) is 14.5. The lowest BCUT2D eigenvalue weighted by atomic mass is 9.61. The van der Waals surface area contributed by atoms with E-state index in [0.29, 0.717) is 35.5 Å². The topological polar surface area (TPSA) is 96.5 Å². The molecular weight excluding hydrogens is 546 g/mol. The third-order valence-electron chi connectivity index (χ3n) is 9.51. The summed E-state index contributed by atoms with van der Waals surface area (Å²) in [7, 11) is 2.97. The van der Waals surface area contributed by atoms with Gasteiger partial charge in [-0.3, -0.25) is 19.3 Å². The smallest absolute Gasteiger partial charge is 0.421 e. The number of esters is 1. The van der Waals surface area contributed by atoms with Gasteiger partial charge >= 0.3 is 12.1 Å². The number of hydrogen-bond donors (Lipinski definition) is 0. The summed E-state index contributed by atoms with van der Waals surface area (Å²) in [6, 6.07) is 21.5. The maximum absolute atomic E-state index is 15.3. The zero-order valence-electron chi connectivity index (χ0n) is 24.8. The lowest BCUT2D eigenvalue weighted by Gasteiger charge is -2.42. The largest absolute Gasteiger partial charge is 0.469 e. The van der Waals surface area contributed by atoms with E-state index in [1.54, 1.807) is 57.0 Å². The Morgan fingerprint density at radius 3 is 2.19 bits per heavy atom. The molecule has 9 nitrogen and oxygen atoms in total. The predicted molar refractivity (Wildman–Crippen MR) is 158 cm³/mol. The minimum absolute atomic E-state index is 0.314. The molecule has 0 unspecified atom stereocenters. The lowest BCUT2D eigenvalue weighted by Crippen LogP contribution is -2.57. The minimum Gasteiger partial charge on any atom is -0.469 e. The van der Waals surface area contributed by atoms with Gasteiger partial charge < -0.3 is 14.4 Å². The van der Waals surface area contributed by atoms with Gasteiger partial charge in [0.1, 0.15) is 22.5 Å². The number of nitrogens with zero attached hydrogens (tertiary/aromatic N) is 3. The van der Waals surface area contributed by atoms with Crippen LogP contribution in [-0.2, 0) is 41.2 Å². The number of hydrogen-bond acceptors (Lipinski definition) is 7. The summed E-state index contributed by atoms with van der Waals surface area (Å²) in [4.78, 5) is 63.0. The molecule has 0 aromatic heterocycles. The number of anilines is 2. The molecule has 220 valence electrons. The second-order valence-corrected chi connectivity index (χ2v) is 12.7. The summed E-state index contributed by atoms with van der Waals surface area (Å²) in [6.07, 6.45) is -0.222. The molecule has 9 heteroatoms. The Kier molecular flexibility index (Phi) is 5.72. The number of rotatable bonds is 1. The number of carbonyl (C=O) groups is 4. The first kappa shape index (κ1) is 27.3. The van der Waals surface area contributed by atoms with E-state index < -0.39 is 46.5 Å². The summed E-state index contributed by atoms with van der Waals surface area (Å²) in [5.74, 6) is -2.94. The quantitative estimate of drug-likeness (QED) is 0.392. The van der Waals surface area contributed by atoms with Crippen LogP contribution in [0.25, 0.3) is 0 Å². The molecule has 7 rings (SSSR count). The van der Waals surface area contributed by atoms with Crippen LogP contribution in [-0.4, -0.2) is 55.1 Å². The normalized spacial score (nSPS) is 27.3. The highest BCUT2D eigenvalue weighted by Crippen LogP contribution is 2.70. The van der Waals surface area contributed by atoms with Crippen LogP contribution in [0.1, 0.15) is 49.1 Å². The van der Waals surface area contributed by atoms with Gasteiger partial charge in [0.15, 0.2) is 0 Å². The highest BCUT2D eigenvalue weighted by molar-refractivity contribution is 6.24. The summed E-state index contributed by atoms with van der Waals surface area (Å²) < 4.78 is 11.3. The van der Waals surface area contributed by atoms with Crippen molar-refractivity contribution in [2.45, 2.75) is 49.8 Å². The van der Waals surface area contributed by atoms with E-state index in [0.717, 1.165) is 16.0 Å². The van der Waals surface area contributed by atoms with E-state index in [2.05, 4.69) is 0 Å². The van der Waals surface area contributed by atoms with Crippen molar-refractivity contribution in [3.8, 4) is 0 Å². The number of amides is 3. The number of ether oxygens (including phenoxy) is 2. The molecule has 4 atom stereocenters. The van der Waals surface area contributed by atoms with E-state index in [4.69, 9.17) is 9.47 Å². The molecule has 1 saturated heterocycles. The molecule has 0 N–H and O–H groups in total. The molecule has 2 spiro atoms.